The fraction of sp³-hybridized carbons (Fsp3) is 0.700. The van der Waals surface area contributed by atoms with Crippen LogP contribution in [0, 0.1) is 0 Å². The predicted octanol–water partition coefficient (Wildman–Crippen LogP) is 1.50. The summed E-state index contributed by atoms with van der Waals surface area (Å²) >= 11 is 1.48. The van der Waals surface area contributed by atoms with Crippen molar-refractivity contribution >= 4 is 22.4 Å². The monoisotopic (exact) mass is 228 g/mol. The Hall–Kier alpha value is -0.810. The third-order valence-electron chi connectivity index (χ3n) is 2.24. The van der Waals surface area contributed by atoms with Crippen molar-refractivity contribution < 1.29 is 0 Å². The molecule has 5 heteroatoms. The highest BCUT2D eigenvalue weighted by Gasteiger charge is 2.07. The highest BCUT2D eigenvalue weighted by molar-refractivity contribution is 7.10. The number of rotatable bonds is 6. The van der Waals surface area contributed by atoms with Crippen LogP contribution in [0.15, 0.2) is 6.07 Å². The van der Waals surface area contributed by atoms with E-state index < -0.39 is 0 Å². The van der Waals surface area contributed by atoms with Gasteiger partial charge >= 0.3 is 0 Å². The summed E-state index contributed by atoms with van der Waals surface area (Å²) in [7, 11) is 4.20. The van der Waals surface area contributed by atoms with Gasteiger partial charge in [-0.05, 0) is 45.5 Å². The van der Waals surface area contributed by atoms with Crippen molar-refractivity contribution in [3.05, 3.63) is 6.07 Å². The summed E-state index contributed by atoms with van der Waals surface area (Å²) in [5.41, 5.74) is 5.61. The zero-order valence-corrected chi connectivity index (χ0v) is 10.5. The molecule has 1 aromatic heterocycles. The van der Waals surface area contributed by atoms with E-state index in [1.807, 2.05) is 6.07 Å². The number of hydrogen-bond acceptors (Lipinski definition) is 5. The molecule has 0 aliphatic heterocycles. The maximum atomic E-state index is 5.61. The molecular weight excluding hydrogens is 208 g/mol. The van der Waals surface area contributed by atoms with E-state index in [1.54, 1.807) is 0 Å². The Morgan fingerprint density at radius 3 is 2.60 bits per heavy atom. The highest BCUT2D eigenvalue weighted by Crippen LogP contribution is 2.22. The van der Waals surface area contributed by atoms with Crippen molar-refractivity contribution in [2.24, 2.45) is 0 Å². The second-order valence-corrected chi connectivity index (χ2v) is 4.61. The molecule has 0 aliphatic rings. The van der Waals surface area contributed by atoms with Crippen LogP contribution in [-0.2, 0) is 0 Å². The Morgan fingerprint density at radius 1 is 1.40 bits per heavy atom. The van der Waals surface area contributed by atoms with Crippen LogP contribution in [0.3, 0.4) is 0 Å². The summed E-state index contributed by atoms with van der Waals surface area (Å²) in [5, 5.41) is 1.17. The summed E-state index contributed by atoms with van der Waals surface area (Å²) in [6.07, 6.45) is 1.17. The second kappa shape index (κ2) is 5.92. The molecule has 0 radical (unpaired) electrons. The molecule has 0 saturated carbocycles. The molecule has 1 heterocycles. The molecule has 0 spiro atoms. The van der Waals surface area contributed by atoms with Crippen LogP contribution in [0.2, 0.25) is 0 Å². The van der Waals surface area contributed by atoms with Crippen LogP contribution in [0.4, 0.5) is 10.8 Å². The highest BCUT2D eigenvalue weighted by atomic mass is 32.1. The fourth-order valence-corrected chi connectivity index (χ4v) is 2.19. The van der Waals surface area contributed by atoms with Gasteiger partial charge in [0, 0.05) is 19.2 Å². The molecule has 4 nitrogen and oxygen atoms in total. The first kappa shape index (κ1) is 12.3. The molecule has 2 N–H and O–H groups in total. The quantitative estimate of drug-likeness (QED) is 0.801. The van der Waals surface area contributed by atoms with Gasteiger partial charge in [-0.2, -0.15) is 4.37 Å². The van der Waals surface area contributed by atoms with E-state index in [0.717, 1.165) is 19.6 Å². The van der Waals surface area contributed by atoms with Gasteiger partial charge in [-0.3, -0.25) is 0 Å². The first-order chi connectivity index (χ1) is 7.13. The van der Waals surface area contributed by atoms with Crippen LogP contribution in [0.25, 0.3) is 0 Å². The summed E-state index contributed by atoms with van der Waals surface area (Å²) in [6, 6.07) is 1.95. The van der Waals surface area contributed by atoms with Crippen LogP contribution < -0.4 is 10.6 Å². The lowest BCUT2D eigenvalue weighted by atomic mass is 10.3. The summed E-state index contributed by atoms with van der Waals surface area (Å²) in [5.74, 6) is 0.626. The first-order valence-electron chi connectivity index (χ1n) is 5.25. The number of nitrogen functional groups attached to an aromatic ring is 1. The Balaban J connectivity index is 2.42. The number of nitrogens with two attached hydrogens (primary N) is 1. The van der Waals surface area contributed by atoms with Crippen LogP contribution in [0.1, 0.15) is 13.3 Å². The molecule has 0 atom stereocenters. The molecule has 0 amide bonds. The Bertz CT molecular complexity index is 285. The van der Waals surface area contributed by atoms with Crippen LogP contribution >= 0.6 is 11.5 Å². The van der Waals surface area contributed by atoms with Gasteiger partial charge in [0.15, 0.2) is 0 Å². The van der Waals surface area contributed by atoms with E-state index in [9.17, 15) is 0 Å². The summed E-state index contributed by atoms with van der Waals surface area (Å²) in [4.78, 5) is 4.52. The Kier molecular flexibility index (Phi) is 4.84. The van der Waals surface area contributed by atoms with Crippen molar-refractivity contribution in [1.82, 2.24) is 9.27 Å². The lowest BCUT2D eigenvalue weighted by Crippen LogP contribution is -2.26. The molecule has 0 fully saturated rings. The van der Waals surface area contributed by atoms with Crippen molar-refractivity contribution in [3.63, 3.8) is 0 Å². The zero-order chi connectivity index (χ0) is 11.3. The molecule has 15 heavy (non-hydrogen) atoms. The maximum Gasteiger partial charge on any atom is 0.139 e. The van der Waals surface area contributed by atoms with Crippen LogP contribution in [0.5, 0.6) is 0 Å². The zero-order valence-electron chi connectivity index (χ0n) is 9.73. The van der Waals surface area contributed by atoms with Crippen molar-refractivity contribution in [1.29, 1.82) is 0 Å². The smallest absolute Gasteiger partial charge is 0.139 e. The molecule has 0 aromatic carbocycles. The van der Waals surface area contributed by atoms with Gasteiger partial charge in [-0.25, -0.2) is 0 Å². The van der Waals surface area contributed by atoms with Gasteiger partial charge in [0.05, 0.1) is 0 Å². The lowest BCUT2D eigenvalue weighted by molar-refractivity contribution is 0.401. The molecule has 0 unspecified atom stereocenters. The summed E-state index contributed by atoms with van der Waals surface area (Å²) < 4.78 is 4.10. The third-order valence-corrected chi connectivity index (χ3v) is 3.11. The topological polar surface area (TPSA) is 45.4 Å². The lowest BCUT2D eigenvalue weighted by Gasteiger charge is -2.21. The maximum absolute atomic E-state index is 5.61. The number of nitrogens with zero attached hydrogens (tertiary/aromatic N) is 3. The minimum Gasteiger partial charge on any atom is -0.383 e. The van der Waals surface area contributed by atoms with Crippen LogP contribution in [-0.4, -0.2) is 43.0 Å². The van der Waals surface area contributed by atoms with Crippen molar-refractivity contribution in [2.75, 3.05) is 44.4 Å². The van der Waals surface area contributed by atoms with E-state index in [2.05, 4.69) is 35.2 Å². The van der Waals surface area contributed by atoms with E-state index in [4.69, 9.17) is 5.73 Å². The van der Waals surface area contributed by atoms with E-state index in [-0.39, 0.29) is 0 Å². The number of hydrogen-bond donors (Lipinski definition) is 1. The number of aromatic nitrogens is 1. The molecule has 0 saturated heterocycles. The molecule has 86 valence electrons. The minimum atomic E-state index is 0.626. The van der Waals surface area contributed by atoms with Crippen molar-refractivity contribution in [2.45, 2.75) is 13.3 Å². The molecule has 0 bridgehead atoms. The minimum absolute atomic E-state index is 0.626. The SMILES string of the molecule is CCN(CCCN(C)C)c1cc(N)ns1. The predicted molar refractivity (Wildman–Crippen MR) is 67.6 cm³/mol. The van der Waals surface area contributed by atoms with Gasteiger partial charge in [0.25, 0.3) is 0 Å². The molecule has 1 aromatic rings. The van der Waals surface area contributed by atoms with Gasteiger partial charge in [-0.1, -0.05) is 0 Å². The second-order valence-electron chi connectivity index (χ2n) is 3.83. The third kappa shape index (κ3) is 4.05. The van der Waals surface area contributed by atoms with Crippen molar-refractivity contribution in [3.8, 4) is 0 Å². The normalized spacial score (nSPS) is 10.9. The van der Waals surface area contributed by atoms with Gasteiger partial charge < -0.3 is 15.5 Å². The molecular formula is C10H20N4S. The van der Waals surface area contributed by atoms with Gasteiger partial charge in [0.1, 0.15) is 10.8 Å². The van der Waals surface area contributed by atoms with Gasteiger partial charge in [-0.15, -0.1) is 0 Å². The molecule has 1 rings (SSSR count). The van der Waals surface area contributed by atoms with E-state index in [0.29, 0.717) is 5.82 Å². The Morgan fingerprint density at radius 2 is 2.13 bits per heavy atom. The number of anilines is 2. The fourth-order valence-electron chi connectivity index (χ4n) is 1.43. The standard InChI is InChI=1S/C10H20N4S/c1-4-14(7-5-6-13(2)3)10-8-9(11)12-15-10/h8H,4-7H2,1-3H3,(H2,11,12). The Labute approximate surface area is 95.8 Å². The van der Waals surface area contributed by atoms with E-state index in [1.165, 1.54) is 23.0 Å². The largest absolute Gasteiger partial charge is 0.383 e. The molecule has 0 aliphatic carbocycles. The van der Waals surface area contributed by atoms with E-state index >= 15 is 0 Å². The summed E-state index contributed by atoms with van der Waals surface area (Å²) in [6.45, 7) is 5.35. The van der Waals surface area contributed by atoms with Gasteiger partial charge in [0.2, 0.25) is 0 Å². The average molecular weight is 228 g/mol. The average Bonchev–Trinajstić information content (AvgIpc) is 2.59. The first-order valence-corrected chi connectivity index (χ1v) is 6.02.